The fraction of sp³-hybridized carbons (Fsp3) is 0.588. The topological polar surface area (TPSA) is 35.5 Å². The molecule has 1 saturated carbocycles. The van der Waals surface area contributed by atoms with Crippen LogP contribution in [0.5, 0.6) is 11.5 Å². The number of halogens is 1. The molecule has 1 aliphatic heterocycles. The Balaban J connectivity index is 1.66. The van der Waals surface area contributed by atoms with Crippen molar-refractivity contribution in [3.8, 4) is 11.5 Å². The first-order chi connectivity index (χ1) is 10.2. The number of rotatable bonds is 4. The Morgan fingerprint density at radius 3 is 2.48 bits per heavy atom. The quantitative estimate of drug-likeness (QED) is 0.759. The minimum Gasteiger partial charge on any atom is -0.486 e. The first kappa shape index (κ1) is 14.7. The molecule has 0 spiro atoms. The average Bonchev–Trinajstić information content (AvgIpc) is 2.53. The van der Waals surface area contributed by atoms with Crippen molar-refractivity contribution < 1.29 is 14.3 Å². The van der Waals surface area contributed by atoms with Gasteiger partial charge in [-0.25, -0.2) is 0 Å². The standard InChI is InChI=1S/C17H21ClO3/c18-14-11-17-16(20-8-9-21-17)10-13(14)15(19)7-6-12-4-2-1-3-5-12/h10-12H,1-9H2. The third-order valence-electron chi connectivity index (χ3n) is 4.44. The van der Waals surface area contributed by atoms with Crippen molar-refractivity contribution in [2.75, 3.05) is 13.2 Å². The molecule has 2 aliphatic rings. The number of ether oxygens (including phenoxy) is 2. The van der Waals surface area contributed by atoms with E-state index in [1.54, 1.807) is 12.1 Å². The summed E-state index contributed by atoms with van der Waals surface area (Å²) >= 11 is 6.22. The van der Waals surface area contributed by atoms with Crippen molar-refractivity contribution in [2.24, 2.45) is 5.92 Å². The molecule has 3 nitrogen and oxygen atoms in total. The van der Waals surface area contributed by atoms with Crippen LogP contribution in [0.15, 0.2) is 12.1 Å². The Hall–Kier alpha value is -1.22. The first-order valence-electron chi connectivity index (χ1n) is 7.86. The maximum absolute atomic E-state index is 12.4. The summed E-state index contributed by atoms with van der Waals surface area (Å²) in [5.74, 6) is 2.09. The van der Waals surface area contributed by atoms with E-state index in [0.717, 1.165) is 6.42 Å². The van der Waals surface area contributed by atoms with E-state index in [9.17, 15) is 4.79 Å². The van der Waals surface area contributed by atoms with Crippen molar-refractivity contribution in [1.29, 1.82) is 0 Å². The highest BCUT2D eigenvalue weighted by Crippen LogP contribution is 2.36. The molecule has 1 aromatic carbocycles. The molecule has 1 aliphatic carbocycles. The van der Waals surface area contributed by atoms with Gasteiger partial charge in [0.1, 0.15) is 13.2 Å². The Morgan fingerprint density at radius 1 is 1.10 bits per heavy atom. The largest absolute Gasteiger partial charge is 0.486 e. The van der Waals surface area contributed by atoms with Crippen LogP contribution < -0.4 is 9.47 Å². The van der Waals surface area contributed by atoms with Crippen molar-refractivity contribution in [1.82, 2.24) is 0 Å². The molecule has 21 heavy (non-hydrogen) atoms. The number of ketones is 1. The molecular formula is C17H21ClO3. The predicted molar refractivity (Wildman–Crippen MR) is 82.6 cm³/mol. The van der Waals surface area contributed by atoms with Crippen molar-refractivity contribution in [3.63, 3.8) is 0 Å². The molecule has 1 fully saturated rings. The van der Waals surface area contributed by atoms with Crippen LogP contribution in [0.25, 0.3) is 0 Å². The van der Waals surface area contributed by atoms with Crippen LogP contribution in [-0.4, -0.2) is 19.0 Å². The highest BCUT2D eigenvalue weighted by Gasteiger charge is 2.20. The number of hydrogen-bond donors (Lipinski definition) is 0. The zero-order valence-electron chi connectivity index (χ0n) is 12.2. The third-order valence-corrected chi connectivity index (χ3v) is 4.75. The monoisotopic (exact) mass is 308 g/mol. The minimum atomic E-state index is 0.113. The molecule has 1 aromatic rings. The zero-order chi connectivity index (χ0) is 14.7. The van der Waals surface area contributed by atoms with Crippen LogP contribution in [-0.2, 0) is 0 Å². The van der Waals surface area contributed by atoms with Crippen LogP contribution in [0.1, 0.15) is 55.3 Å². The Morgan fingerprint density at radius 2 is 1.76 bits per heavy atom. The first-order valence-corrected chi connectivity index (χ1v) is 8.24. The molecule has 0 bridgehead atoms. The number of hydrogen-bond acceptors (Lipinski definition) is 3. The summed E-state index contributed by atoms with van der Waals surface area (Å²) in [4.78, 5) is 12.4. The van der Waals surface area contributed by atoms with Crippen molar-refractivity contribution in [2.45, 2.75) is 44.9 Å². The average molecular weight is 309 g/mol. The highest BCUT2D eigenvalue weighted by atomic mass is 35.5. The summed E-state index contributed by atoms with van der Waals surface area (Å²) in [6.07, 6.45) is 8.05. The number of benzene rings is 1. The second-order valence-electron chi connectivity index (χ2n) is 5.94. The molecule has 1 heterocycles. The Labute approximate surface area is 130 Å². The number of carbonyl (C=O) groups is 1. The van der Waals surface area contributed by atoms with Gasteiger partial charge in [0.15, 0.2) is 17.3 Å². The van der Waals surface area contributed by atoms with E-state index < -0.39 is 0 Å². The second-order valence-corrected chi connectivity index (χ2v) is 6.35. The van der Waals surface area contributed by atoms with Crippen LogP contribution in [0.4, 0.5) is 0 Å². The zero-order valence-corrected chi connectivity index (χ0v) is 13.0. The van der Waals surface area contributed by atoms with Gasteiger partial charge in [-0.3, -0.25) is 4.79 Å². The summed E-state index contributed by atoms with van der Waals surface area (Å²) in [7, 11) is 0. The van der Waals surface area contributed by atoms with Crippen LogP contribution in [0.2, 0.25) is 5.02 Å². The van der Waals surface area contributed by atoms with Gasteiger partial charge in [-0.05, 0) is 18.4 Å². The molecule has 0 amide bonds. The summed E-state index contributed by atoms with van der Waals surface area (Å²) in [6.45, 7) is 1.04. The second kappa shape index (κ2) is 6.69. The van der Waals surface area contributed by atoms with Crippen LogP contribution in [0.3, 0.4) is 0 Å². The number of carbonyl (C=O) groups excluding carboxylic acids is 1. The van der Waals surface area contributed by atoms with E-state index in [0.29, 0.717) is 47.6 Å². The normalized spacial score (nSPS) is 18.5. The van der Waals surface area contributed by atoms with Gasteiger partial charge in [-0.15, -0.1) is 0 Å². The van der Waals surface area contributed by atoms with Gasteiger partial charge < -0.3 is 9.47 Å². The molecule has 114 valence electrons. The molecule has 4 heteroatoms. The lowest BCUT2D eigenvalue weighted by molar-refractivity contribution is 0.0969. The molecule has 3 rings (SSSR count). The lowest BCUT2D eigenvalue weighted by atomic mass is 9.85. The molecule has 0 N–H and O–H groups in total. The maximum atomic E-state index is 12.4. The molecule has 0 radical (unpaired) electrons. The van der Waals surface area contributed by atoms with Gasteiger partial charge >= 0.3 is 0 Å². The van der Waals surface area contributed by atoms with E-state index in [-0.39, 0.29) is 5.78 Å². The van der Waals surface area contributed by atoms with E-state index in [4.69, 9.17) is 21.1 Å². The van der Waals surface area contributed by atoms with E-state index in [1.165, 1.54) is 32.1 Å². The summed E-state index contributed by atoms with van der Waals surface area (Å²) in [6, 6.07) is 3.43. The van der Waals surface area contributed by atoms with Crippen molar-refractivity contribution >= 4 is 17.4 Å². The van der Waals surface area contributed by atoms with Gasteiger partial charge in [-0.2, -0.15) is 0 Å². The third kappa shape index (κ3) is 3.52. The highest BCUT2D eigenvalue weighted by molar-refractivity contribution is 6.34. The smallest absolute Gasteiger partial charge is 0.164 e. The predicted octanol–water partition coefficient (Wildman–Crippen LogP) is 4.65. The summed E-state index contributed by atoms with van der Waals surface area (Å²) < 4.78 is 11.0. The fourth-order valence-electron chi connectivity index (χ4n) is 3.22. The molecule has 0 aromatic heterocycles. The van der Waals surface area contributed by atoms with Crippen molar-refractivity contribution in [3.05, 3.63) is 22.7 Å². The number of fused-ring (bicyclic) bond motifs is 1. The van der Waals surface area contributed by atoms with E-state index in [2.05, 4.69) is 0 Å². The molecule has 0 saturated heterocycles. The Kier molecular flexibility index (Phi) is 4.69. The number of Topliss-reactive ketones (excluding diaryl/α,β-unsaturated/α-hetero) is 1. The SMILES string of the molecule is O=C(CCC1CCCCC1)c1cc2c(cc1Cl)OCCO2. The minimum absolute atomic E-state index is 0.113. The van der Waals surface area contributed by atoms with Gasteiger partial charge in [0, 0.05) is 18.1 Å². The molecule has 0 unspecified atom stereocenters. The van der Waals surface area contributed by atoms with E-state index in [1.807, 2.05) is 0 Å². The van der Waals surface area contributed by atoms with Gasteiger partial charge in [-0.1, -0.05) is 43.7 Å². The van der Waals surface area contributed by atoms with Crippen LogP contribution >= 0.6 is 11.6 Å². The molecular weight excluding hydrogens is 288 g/mol. The fourth-order valence-corrected chi connectivity index (χ4v) is 3.48. The lowest BCUT2D eigenvalue weighted by Gasteiger charge is -2.21. The van der Waals surface area contributed by atoms with Gasteiger partial charge in [0.2, 0.25) is 0 Å². The van der Waals surface area contributed by atoms with E-state index >= 15 is 0 Å². The molecule has 0 atom stereocenters. The summed E-state index contributed by atoms with van der Waals surface area (Å²) in [5.41, 5.74) is 0.566. The van der Waals surface area contributed by atoms with Gasteiger partial charge in [0.25, 0.3) is 0 Å². The maximum Gasteiger partial charge on any atom is 0.164 e. The Bertz CT molecular complexity index is 521. The van der Waals surface area contributed by atoms with Crippen LogP contribution in [0, 0.1) is 5.92 Å². The lowest BCUT2D eigenvalue weighted by Crippen LogP contribution is -2.16. The van der Waals surface area contributed by atoms with Gasteiger partial charge in [0.05, 0.1) is 5.02 Å². The summed E-state index contributed by atoms with van der Waals surface area (Å²) in [5, 5.41) is 0.466.